The van der Waals surface area contributed by atoms with Gasteiger partial charge in [0.25, 0.3) is 0 Å². The molecule has 2 aliphatic rings. The first-order valence-electron chi connectivity index (χ1n) is 7.34. The number of rotatable bonds is 6. The van der Waals surface area contributed by atoms with Crippen LogP contribution < -0.4 is 4.72 Å². The molecular formula is C13H22N4O2S. The third kappa shape index (κ3) is 3.59. The van der Waals surface area contributed by atoms with Crippen LogP contribution in [0.5, 0.6) is 0 Å². The summed E-state index contributed by atoms with van der Waals surface area (Å²) in [5.74, 6) is 0. The number of piperidine rings is 1. The summed E-state index contributed by atoms with van der Waals surface area (Å²) >= 11 is 0. The highest BCUT2D eigenvalue weighted by atomic mass is 32.2. The fraction of sp³-hybridized carbons (Fsp3) is 0.769. The normalized spacial score (nSPS) is 24.9. The topological polar surface area (TPSA) is 67.2 Å². The molecule has 1 aliphatic heterocycles. The Morgan fingerprint density at radius 1 is 1.25 bits per heavy atom. The lowest BCUT2D eigenvalue weighted by atomic mass is 10.1. The van der Waals surface area contributed by atoms with Crippen LogP contribution in [0.4, 0.5) is 0 Å². The summed E-state index contributed by atoms with van der Waals surface area (Å²) in [4.78, 5) is 2.32. The first-order valence-corrected chi connectivity index (χ1v) is 8.89. The van der Waals surface area contributed by atoms with Gasteiger partial charge in [0.1, 0.15) is 0 Å². The number of hydrogen-bond donors (Lipinski definition) is 1. The third-order valence-electron chi connectivity index (χ3n) is 4.00. The number of sulfonamides is 1. The maximum atomic E-state index is 12.0. The van der Waals surface area contributed by atoms with Crippen molar-refractivity contribution in [1.29, 1.82) is 0 Å². The highest BCUT2D eigenvalue weighted by Crippen LogP contribution is 2.28. The Morgan fingerprint density at radius 2 is 2.10 bits per heavy atom. The molecule has 1 unspecified atom stereocenters. The van der Waals surface area contributed by atoms with Crippen LogP contribution in [0.25, 0.3) is 0 Å². The van der Waals surface area contributed by atoms with Gasteiger partial charge in [0, 0.05) is 31.5 Å². The molecule has 0 bridgehead atoms. The van der Waals surface area contributed by atoms with Crippen molar-refractivity contribution in [2.45, 2.75) is 43.5 Å². The Kier molecular flexibility index (Phi) is 4.09. The molecule has 1 aliphatic carbocycles. The predicted molar refractivity (Wildman–Crippen MR) is 76.8 cm³/mol. The molecule has 3 rings (SSSR count). The smallest absolute Gasteiger partial charge is 0.214 e. The number of aromatic nitrogens is 2. The summed E-state index contributed by atoms with van der Waals surface area (Å²) in [6.45, 7) is 3.63. The maximum absolute atomic E-state index is 12.0. The fourth-order valence-corrected chi connectivity index (χ4v) is 4.34. The summed E-state index contributed by atoms with van der Waals surface area (Å²) in [5, 5.41) is 4.07. The summed E-state index contributed by atoms with van der Waals surface area (Å²) in [6, 6.07) is 2.00. The van der Waals surface area contributed by atoms with Crippen LogP contribution in [0.15, 0.2) is 18.5 Å². The maximum Gasteiger partial charge on any atom is 0.214 e. The lowest BCUT2D eigenvalue weighted by Gasteiger charge is -2.32. The minimum absolute atomic E-state index is 0.0759. The molecule has 1 aromatic heterocycles. The fourth-order valence-electron chi connectivity index (χ4n) is 2.74. The zero-order valence-electron chi connectivity index (χ0n) is 11.6. The molecule has 1 atom stereocenters. The zero-order chi connectivity index (χ0) is 14.0. The third-order valence-corrected chi connectivity index (χ3v) is 6.02. The Labute approximate surface area is 120 Å². The summed E-state index contributed by atoms with van der Waals surface area (Å²) in [5.41, 5.74) is 0. The minimum Gasteiger partial charge on any atom is -0.300 e. The molecule has 0 spiro atoms. The molecular weight excluding hydrogens is 276 g/mol. The average molecular weight is 298 g/mol. The van der Waals surface area contributed by atoms with Crippen molar-refractivity contribution < 1.29 is 8.42 Å². The van der Waals surface area contributed by atoms with E-state index in [0.717, 1.165) is 51.9 Å². The number of hydrogen-bond acceptors (Lipinski definition) is 4. The SMILES string of the molecule is O=S(=O)(NC1CCCN(CCn2cccn2)C1)C1CC1. The first kappa shape index (κ1) is 14.0. The van der Waals surface area contributed by atoms with Gasteiger partial charge in [-0.3, -0.25) is 9.58 Å². The molecule has 1 saturated carbocycles. The van der Waals surface area contributed by atoms with Crippen LogP contribution in [0.3, 0.4) is 0 Å². The van der Waals surface area contributed by atoms with Crippen LogP contribution >= 0.6 is 0 Å². The van der Waals surface area contributed by atoms with Crippen LogP contribution in [-0.4, -0.2) is 54.0 Å². The number of nitrogens with zero attached hydrogens (tertiary/aromatic N) is 3. The first-order chi connectivity index (χ1) is 9.63. The van der Waals surface area contributed by atoms with Crippen molar-refractivity contribution in [1.82, 2.24) is 19.4 Å². The summed E-state index contributed by atoms with van der Waals surface area (Å²) < 4.78 is 28.7. The Balaban J connectivity index is 1.48. The largest absolute Gasteiger partial charge is 0.300 e. The Morgan fingerprint density at radius 3 is 2.80 bits per heavy atom. The van der Waals surface area contributed by atoms with Crippen molar-refractivity contribution in [3.05, 3.63) is 18.5 Å². The number of nitrogens with one attached hydrogen (secondary N) is 1. The van der Waals surface area contributed by atoms with Gasteiger partial charge in [-0.15, -0.1) is 0 Å². The van der Waals surface area contributed by atoms with E-state index in [2.05, 4.69) is 14.7 Å². The highest BCUT2D eigenvalue weighted by molar-refractivity contribution is 7.90. The molecule has 0 aromatic carbocycles. The second-order valence-electron chi connectivity index (χ2n) is 5.77. The van der Waals surface area contributed by atoms with E-state index in [9.17, 15) is 8.42 Å². The Bertz CT molecular complexity index is 525. The molecule has 2 fully saturated rings. The highest BCUT2D eigenvalue weighted by Gasteiger charge is 2.37. The van der Waals surface area contributed by atoms with E-state index in [-0.39, 0.29) is 11.3 Å². The molecule has 6 nitrogen and oxygen atoms in total. The number of likely N-dealkylation sites (tertiary alicyclic amines) is 1. The van der Waals surface area contributed by atoms with Gasteiger partial charge in [-0.25, -0.2) is 13.1 Å². The zero-order valence-corrected chi connectivity index (χ0v) is 12.4. The van der Waals surface area contributed by atoms with Crippen LogP contribution in [-0.2, 0) is 16.6 Å². The van der Waals surface area contributed by atoms with Gasteiger partial charge >= 0.3 is 0 Å². The molecule has 7 heteroatoms. The van der Waals surface area contributed by atoms with Gasteiger partial charge in [-0.2, -0.15) is 5.10 Å². The lowest BCUT2D eigenvalue weighted by molar-refractivity contribution is 0.193. The van der Waals surface area contributed by atoms with E-state index in [1.54, 1.807) is 6.20 Å². The molecule has 2 heterocycles. The van der Waals surface area contributed by atoms with E-state index in [4.69, 9.17) is 0 Å². The van der Waals surface area contributed by atoms with E-state index in [1.165, 1.54) is 0 Å². The van der Waals surface area contributed by atoms with E-state index in [0.29, 0.717) is 0 Å². The van der Waals surface area contributed by atoms with Crippen molar-refractivity contribution in [2.75, 3.05) is 19.6 Å². The standard InChI is InChI=1S/C13H22N4O2S/c18-20(19,13-4-5-13)15-12-3-1-7-16(11-12)9-10-17-8-2-6-14-17/h2,6,8,12-13,15H,1,3-5,7,9-11H2. The molecule has 1 N–H and O–H groups in total. The Hall–Kier alpha value is -0.920. The lowest BCUT2D eigenvalue weighted by Crippen LogP contribution is -2.49. The second-order valence-corrected chi connectivity index (χ2v) is 7.76. The van der Waals surface area contributed by atoms with Gasteiger partial charge in [0.2, 0.25) is 10.0 Å². The second kappa shape index (κ2) is 5.83. The molecule has 20 heavy (non-hydrogen) atoms. The van der Waals surface area contributed by atoms with E-state index >= 15 is 0 Å². The van der Waals surface area contributed by atoms with Crippen molar-refractivity contribution >= 4 is 10.0 Å². The van der Waals surface area contributed by atoms with Crippen molar-refractivity contribution in [2.24, 2.45) is 0 Å². The van der Waals surface area contributed by atoms with Crippen LogP contribution in [0.1, 0.15) is 25.7 Å². The van der Waals surface area contributed by atoms with E-state index < -0.39 is 10.0 Å². The summed E-state index contributed by atoms with van der Waals surface area (Å²) in [6.07, 6.45) is 7.39. The van der Waals surface area contributed by atoms with E-state index in [1.807, 2.05) is 16.9 Å². The molecule has 1 aromatic rings. The van der Waals surface area contributed by atoms with Crippen LogP contribution in [0, 0.1) is 0 Å². The molecule has 112 valence electrons. The van der Waals surface area contributed by atoms with Gasteiger partial charge in [0.05, 0.1) is 11.8 Å². The van der Waals surface area contributed by atoms with Gasteiger partial charge in [-0.1, -0.05) is 0 Å². The summed E-state index contributed by atoms with van der Waals surface area (Å²) in [7, 11) is -3.06. The van der Waals surface area contributed by atoms with Gasteiger partial charge in [-0.05, 0) is 38.3 Å². The predicted octanol–water partition coefficient (Wildman–Crippen LogP) is 0.429. The molecule has 0 radical (unpaired) electrons. The van der Waals surface area contributed by atoms with Crippen LogP contribution in [0.2, 0.25) is 0 Å². The molecule has 0 amide bonds. The minimum atomic E-state index is -3.06. The van der Waals surface area contributed by atoms with Gasteiger partial charge in [0.15, 0.2) is 0 Å². The van der Waals surface area contributed by atoms with Gasteiger partial charge < -0.3 is 0 Å². The quantitative estimate of drug-likeness (QED) is 0.827. The average Bonchev–Trinajstić information content (AvgIpc) is 3.16. The van der Waals surface area contributed by atoms with Crippen molar-refractivity contribution in [3.8, 4) is 0 Å². The van der Waals surface area contributed by atoms with Crippen molar-refractivity contribution in [3.63, 3.8) is 0 Å². The molecule has 1 saturated heterocycles. The monoisotopic (exact) mass is 298 g/mol.